The van der Waals surface area contributed by atoms with Crippen molar-refractivity contribution in [2.75, 3.05) is 11.9 Å². The highest BCUT2D eigenvalue weighted by atomic mass is 32.2. The molecule has 3 aliphatic heterocycles. The lowest BCUT2D eigenvalue weighted by Crippen LogP contribution is -2.57. The second-order valence-corrected chi connectivity index (χ2v) is 9.91. The summed E-state index contributed by atoms with van der Waals surface area (Å²) >= 11 is 1.82. The van der Waals surface area contributed by atoms with Crippen molar-refractivity contribution in [3.8, 4) is 0 Å². The van der Waals surface area contributed by atoms with E-state index in [0.29, 0.717) is 29.0 Å². The van der Waals surface area contributed by atoms with Gasteiger partial charge in [0, 0.05) is 22.8 Å². The third kappa shape index (κ3) is 3.53. The predicted molar refractivity (Wildman–Crippen MR) is 115 cm³/mol. The van der Waals surface area contributed by atoms with E-state index in [1.807, 2.05) is 6.07 Å². The van der Waals surface area contributed by atoms with Crippen LogP contribution in [0.2, 0.25) is 0 Å². The Kier molecular flexibility index (Phi) is 5.25. The summed E-state index contributed by atoms with van der Waals surface area (Å²) in [5, 5.41) is 14.2. The Morgan fingerprint density at radius 2 is 2.13 bits per heavy atom. The SMILES string of the molecule is O=C1c2ccccc2[SH]N1C(=O)C1(C(=O)O)Cc2cc(NC3CCCCO3)sc2CO1. The van der Waals surface area contributed by atoms with Gasteiger partial charge in [-0.2, -0.15) is 0 Å². The zero-order valence-corrected chi connectivity index (χ0v) is 18.2. The number of hydrogen-bond donors (Lipinski definition) is 3. The monoisotopic (exact) mass is 461 g/mol. The Bertz CT molecular complexity index is 1060. The molecule has 163 valence electrons. The number of imide groups is 1. The molecule has 0 aliphatic carbocycles. The number of hydrogen-bond acceptors (Lipinski definition) is 7. The lowest BCUT2D eigenvalue weighted by molar-refractivity contribution is -0.178. The largest absolute Gasteiger partial charge is 0.479 e. The molecule has 0 saturated carbocycles. The second-order valence-electron chi connectivity index (χ2n) is 7.70. The highest BCUT2D eigenvalue weighted by Gasteiger charge is 2.55. The molecule has 1 aromatic heterocycles. The maximum atomic E-state index is 13.3. The third-order valence-electron chi connectivity index (χ3n) is 5.69. The van der Waals surface area contributed by atoms with Crippen LogP contribution in [0.3, 0.4) is 0 Å². The van der Waals surface area contributed by atoms with E-state index in [1.54, 1.807) is 24.3 Å². The molecular weight excluding hydrogens is 440 g/mol. The lowest BCUT2D eigenvalue weighted by Gasteiger charge is -2.33. The van der Waals surface area contributed by atoms with Crippen molar-refractivity contribution in [2.45, 2.75) is 49.0 Å². The molecule has 2 amide bonds. The van der Waals surface area contributed by atoms with Gasteiger partial charge in [0.05, 0.1) is 17.2 Å². The van der Waals surface area contributed by atoms with Gasteiger partial charge in [-0.15, -0.1) is 11.3 Å². The lowest BCUT2D eigenvalue weighted by atomic mass is 9.91. The standard InChI is InChI=1S/C21H21N2O6S2/c24-18-13-5-1-2-6-14(13)31-23(18)19(25)21(20(26)27)10-12-9-17(30-15(12)11-29-21)22-16-7-3-4-8-28-16/h1-2,5-6,9,16,22,31H,3-4,7-8,10-11H2,(H,26,27). The average molecular weight is 462 g/mol. The van der Waals surface area contributed by atoms with Gasteiger partial charge in [0.1, 0.15) is 6.23 Å². The second kappa shape index (κ2) is 7.94. The molecule has 2 N–H and O–H groups in total. The number of ether oxygens (including phenoxy) is 2. The van der Waals surface area contributed by atoms with Crippen LogP contribution >= 0.6 is 23.3 Å². The maximum Gasteiger partial charge on any atom is 0.346 e. The van der Waals surface area contributed by atoms with Gasteiger partial charge in [-0.25, -0.2) is 9.10 Å². The molecule has 0 bridgehead atoms. The number of benzene rings is 1. The van der Waals surface area contributed by atoms with E-state index in [1.165, 1.54) is 11.3 Å². The van der Waals surface area contributed by atoms with Crippen molar-refractivity contribution in [3.05, 3.63) is 46.3 Å². The number of carboxylic acid groups (broad SMARTS) is 1. The number of anilines is 1. The molecule has 1 fully saturated rings. The number of nitrogens with one attached hydrogen (secondary N) is 1. The Morgan fingerprint density at radius 1 is 1.29 bits per heavy atom. The molecule has 0 spiro atoms. The summed E-state index contributed by atoms with van der Waals surface area (Å²) in [6.45, 7) is 0.713. The molecule has 5 rings (SSSR count). The normalized spacial score (nSPS) is 25.1. The first-order valence-corrected chi connectivity index (χ1v) is 11.7. The average Bonchev–Trinajstić information content (AvgIpc) is 3.33. The highest BCUT2D eigenvalue weighted by Crippen LogP contribution is 2.42. The molecule has 2 unspecified atom stereocenters. The van der Waals surface area contributed by atoms with Gasteiger partial charge in [0.15, 0.2) is 0 Å². The van der Waals surface area contributed by atoms with E-state index in [0.717, 1.165) is 39.0 Å². The van der Waals surface area contributed by atoms with E-state index in [2.05, 4.69) is 5.32 Å². The minimum Gasteiger partial charge on any atom is -0.479 e. The Morgan fingerprint density at radius 3 is 2.87 bits per heavy atom. The van der Waals surface area contributed by atoms with Crippen LogP contribution in [0.4, 0.5) is 5.00 Å². The van der Waals surface area contributed by atoms with Gasteiger partial charge in [-0.3, -0.25) is 9.59 Å². The van der Waals surface area contributed by atoms with Crippen LogP contribution in [0.1, 0.15) is 40.1 Å². The minimum absolute atomic E-state index is 0.00287. The number of rotatable bonds is 4. The number of amides is 2. The maximum absolute atomic E-state index is 13.3. The van der Waals surface area contributed by atoms with Crippen molar-refractivity contribution in [2.24, 2.45) is 0 Å². The summed E-state index contributed by atoms with van der Waals surface area (Å²) in [7, 11) is 0. The number of aliphatic carboxylic acids is 1. The first kappa shape index (κ1) is 20.5. The van der Waals surface area contributed by atoms with E-state index < -0.39 is 23.4 Å². The first-order valence-electron chi connectivity index (χ1n) is 10.0. The van der Waals surface area contributed by atoms with Crippen LogP contribution in [0.25, 0.3) is 0 Å². The van der Waals surface area contributed by atoms with Gasteiger partial charge in [0.2, 0.25) is 5.60 Å². The molecule has 31 heavy (non-hydrogen) atoms. The fraction of sp³-hybridized carbons (Fsp3) is 0.381. The van der Waals surface area contributed by atoms with Crippen molar-refractivity contribution >= 4 is 46.1 Å². The molecule has 1 radical (unpaired) electrons. The molecule has 3 aliphatic rings. The van der Waals surface area contributed by atoms with Gasteiger partial charge < -0.3 is 19.9 Å². The van der Waals surface area contributed by atoms with E-state index in [4.69, 9.17) is 9.47 Å². The van der Waals surface area contributed by atoms with Crippen molar-refractivity contribution in [1.82, 2.24) is 4.31 Å². The van der Waals surface area contributed by atoms with Gasteiger partial charge >= 0.3 is 5.97 Å². The molecular formula is C21H21N2O6S2. The number of nitrogens with zero attached hydrogens (tertiary/aromatic N) is 1. The number of carbonyl (C=O) groups is 3. The Labute approximate surface area is 186 Å². The number of fused-ring (bicyclic) bond motifs is 2. The number of carboxylic acids is 1. The summed E-state index contributed by atoms with van der Waals surface area (Å²) in [6.07, 6.45) is 2.85. The smallest absolute Gasteiger partial charge is 0.346 e. The topological polar surface area (TPSA) is 105 Å². The van der Waals surface area contributed by atoms with Crippen molar-refractivity contribution < 1.29 is 29.0 Å². The summed E-state index contributed by atoms with van der Waals surface area (Å²) < 4.78 is 12.4. The molecule has 2 atom stereocenters. The first-order chi connectivity index (χ1) is 15.0. The summed E-state index contributed by atoms with van der Waals surface area (Å²) in [6, 6.07) is 8.74. The third-order valence-corrected chi connectivity index (χ3v) is 7.94. The predicted octanol–water partition coefficient (Wildman–Crippen LogP) is 3.00. The summed E-state index contributed by atoms with van der Waals surface area (Å²) in [5.74, 6) is -2.73. The molecule has 4 heterocycles. The Hall–Kier alpha value is -2.40. The van der Waals surface area contributed by atoms with Crippen molar-refractivity contribution in [3.63, 3.8) is 0 Å². The van der Waals surface area contributed by atoms with Crippen LogP contribution < -0.4 is 5.32 Å². The van der Waals surface area contributed by atoms with Crippen LogP contribution in [-0.2, 0) is 32.1 Å². The van der Waals surface area contributed by atoms with Gasteiger partial charge in [0.25, 0.3) is 11.8 Å². The van der Waals surface area contributed by atoms with Gasteiger partial charge in [-0.05, 0) is 43.0 Å². The molecule has 2 aromatic rings. The number of thiol groups is 1. The number of carbonyl (C=O) groups excluding carboxylic acids is 2. The van der Waals surface area contributed by atoms with E-state index in [9.17, 15) is 19.5 Å². The summed E-state index contributed by atoms with van der Waals surface area (Å²) in [5.41, 5.74) is -0.979. The van der Waals surface area contributed by atoms with Crippen LogP contribution in [0.5, 0.6) is 0 Å². The number of thiophene rings is 1. The van der Waals surface area contributed by atoms with Crippen molar-refractivity contribution in [1.29, 1.82) is 0 Å². The molecule has 8 nitrogen and oxygen atoms in total. The quantitative estimate of drug-likeness (QED) is 0.365. The highest BCUT2D eigenvalue weighted by molar-refractivity contribution is 7.98. The van der Waals surface area contributed by atoms with Crippen LogP contribution in [0, 0.1) is 0 Å². The molecule has 10 heteroatoms. The van der Waals surface area contributed by atoms with Crippen LogP contribution in [-0.4, -0.2) is 45.6 Å². The van der Waals surface area contributed by atoms with E-state index >= 15 is 0 Å². The van der Waals surface area contributed by atoms with Gasteiger partial charge in [-0.1, -0.05) is 24.1 Å². The Balaban J connectivity index is 1.39. The summed E-state index contributed by atoms with van der Waals surface area (Å²) in [4.78, 5) is 39.9. The molecule has 1 aromatic carbocycles. The fourth-order valence-electron chi connectivity index (χ4n) is 4.01. The minimum atomic E-state index is -2.13. The molecule has 1 saturated heterocycles. The zero-order valence-electron chi connectivity index (χ0n) is 16.5. The fourth-order valence-corrected chi connectivity index (χ4v) is 6.15. The van der Waals surface area contributed by atoms with Crippen LogP contribution in [0.15, 0.2) is 35.2 Å². The zero-order chi connectivity index (χ0) is 21.6. The van der Waals surface area contributed by atoms with E-state index in [-0.39, 0.29) is 19.3 Å².